The summed E-state index contributed by atoms with van der Waals surface area (Å²) < 4.78 is 1.71. The highest BCUT2D eigenvalue weighted by molar-refractivity contribution is 5.79. The van der Waals surface area contributed by atoms with Gasteiger partial charge in [0.2, 0.25) is 0 Å². The lowest BCUT2D eigenvalue weighted by atomic mass is 10.0. The molecule has 2 aromatic heterocycles. The third-order valence-electron chi connectivity index (χ3n) is 4.69. The molecule has 154 valence electrons. The van der Waals surface area contributed by atoms with Gasteiger partial charge in [-0.15, -0.1) is 0 Å². The van der Waals surface area contributed by atoms with Crippen molar-refractivity contribution in [3.8, 4) is 0 Å². The molecular weight excluding hydrogens is 348 g/mol. The van der Waals surface area contributed by atoms with Crippen molar-refractivity contribution >= 4 is 16.7 Å². The molecule has 0 radical (unpaired) electrons. The Morgan fingerprint density at radius 2 is 1.93 bits per heavy atom. The zero-order chi connectivity index (χ0) is 21.1. The first kappa shape index (κ1) is 23.6. The van der Waals surface area contributed by atoms with E-state index in [1.54, 1.807) is 17.0 Å². The van der Waals surface area contributed by atoms with Gasteiger partial charge in [0.25, 0.3) is 5.56 Å². The molecule has 0 amide bonds. The van der Waals surface area contributed by atoms with Crippen LogP contribution in [0.5, 0.6) is 0 Å². The van der Waals surface area contributed by atoms with E-state index in [2.05, 4.69) is 16.7 Å². The van der Waals surface area contributed by atoms with Gasteiger partial charge in [0, 0.05) is 6.42 Å². The first-order valence-corrected chi connectivity index (χ1v) is 10.6. The summed E-state index contributed by atoms with van der Waals surface area (Å²) >= 11 is 0. The molecule has 0 aromatic carbocycles. The lowest BCUT2D eigenvalue weighted by Gasteiger charge is -2.10. The van der Waals surface area contributed by atoms with Crippen LogP contribution in [0.2, 0.25) is 0 Å². The van der Waals surface area contributed by atoms with Crippen LogP contribution < -0.4 is 5.56 Å². The molecule has 28 heavy (non-hydrogen) atoms. The summed E-state index contributed by atoms with van der Waals surface area (Å²) in [7, 11) is 0. The van der Waals surface area contributed by atoms with Crippen LogP contribution in [-0.2, 0) is 6.42 Å². The maximum absolute atomic E-state index is 12.4. The zero-order valence-electron chi connectivity index (χ0n) is 18.4. The fraction of sp³-hybridized carbons (Fsp3) is 0.522. The lowest BCUT2D eigenvalue weighted by molar-refractivity contribution is 0.530. The van der Waals surface area contributed by atoms with E-state index in [9.17, 15) is 4.79 Å². The van der Waals surface area contributed by atoms with Gasteiger partial charge in [0.05, 0.1) is 11.9 Å². The number of fused-ring (bicyclic) bond motifs is 1. The molecule has 0 unspecified atom stereocenters. The van der Waals surface area contributed by atoms with E-state index in [1.165, 1.54) is 25.7 Å². The van der Waals surface area contributed by atoms with E-state index in [0.717, 1.165) is 23.5 Å². The van der Waals surface area contributed by atoms with Gasteiger partial charge < -0.3 is 4.98 Å². The number of hydrogen-bond donors (Lipinski definition) is 1. The Morgan fingerprint density at radius 3 is 2.50 bits per heavy atom. The van der Waals surface area contributed by atoms with Gasteiger partial charge >= 0.3 is 0 Å². The molecule has 1 fully saturated rings. The van der Waals surface area contributed by atoms with E-state index in [-0.39, 0.29) is 5.56 Å². The van der Waals surface area contributed by atoms with Crippen LogP contribution >= 0.6 is 0 Å². The second-order valence-electron chi connectivity index (χ2n) is 6.43. The number of nitrogens with zero attached hydrogens (tertiary/aromatic N) is 3. The zero-order valence-corrected chi connectivity index (χ0v) is 18.4. The van der Waals surface area contributed by atoms with Crippen LogP contribution in [-0.4, -0.2) is 19.7 Å². The third kappa shape index (κ3) is 5.54. The Balaban J connectivity index is 0.000000921. The van der Waals surface area contributed by atoms with E-state index in [1.807, 2.05) is 53.7 Å². The van der Waals surface area contributed by atoms with Crippen molar-refractivity contribution in [3.63, 3.8) is 0 Å². The maximum Gasteiger partial charge on any atom is 0.262 e. The number of nitrogens with one attached hydrogen (secondary N) is 1. The van der Waals surface area contributed by atoms with E-state index >= 15 is 0 Å². The van der Waals surface area contributed by atoms with Crippen LogP contribution in [0, 0.1) is 5.92 Å². The van der Waals surface area contributed by atoms with Gasteiger partial charge in [-0.05, 0) is 31.4 Å². The number of aromatic nitrogens is 4. The Kier molecular flexibility index (Phi) is 10.2. The van der Waals surface area contributed by atoms with Crippen LogP contribution in [0.1, 0.15) is 73.1 Å². The number of allylic oxidation sites excluding steroid dienone is 5. The second kappa shape index (κ2) is 12.1. The molecule has 1 aliphatic carbocycles. The van der Waals surface area contributed by atoms with Crippen LogP contribution in [0.15, 0.2) is 41.4 Å². The molecule has 0 spiro atoms. The van der Waals surface area contributed by atoms with Crippen molar-refractivity contribution in [1.29, 1.82) is 0 Å². The molecule has 2 aromatic rings. The van der Waals surface area contributed by atoms with Gasteiger partial charge in [0.15, 0.2) is 5.65 Å². The predicted octanol–water partition coefficient (Wildman–Crippen LogP) is 5.90. The monoisotopic (exact) mass is 384 g/mol. The number of hydrogen-bond acceptors (Lipinski definition) is 3. The summed E-state index contributed by atoms with van der Waals surface area (Å²) in [6.07, 6.45) is 13.1. The van der Waals surface area contributed by atoms with Crippen molar-refractivity contribution in [2.24, 2.45) is 5.92 Å². The fourth-order valence-electron chi connectivity index (χ4n) is 3.47. The lowest BCUT2D eigenvalue weighted by Crippen LogP contribution is -2.15. The minimum atomic E-state index is -0.119. The van der Waals surface area contributed by atoms with Gasteiger partial charge in [-0.25, -0.2) is 9.67 Å². The Morgan fingerprint density at radius 1 is 1.29 bits per heavy atom. The number of aromatic amines is 1. The van der Waals surface area contributed by atoms with Crippen molar-refractivity contribution in [2.75, 3.05) is 0 Å². The highest BCUT2D eigenvalue weighted by Crippen LogP contribution is 2.27. The molecule has 2 heterocycles. The second-order valence-corrected chi connectivity index (χ2v) is 6.43. The number of H-pyrrole nitrogens is 1. The van der Waals surface area contributed by atoms with Crippen molar-refractivity contribution in [1.82, 2.24) is 19.7 Å². The predicted molar refractivity (Wildman–Crippen MR) is 120 cm³/mol. The average Bonchev–Trinajstić information content (AvgIpc) is 3.37. The Labute approximate surface area is 169 Å². The molecule has 0 aliphatic heterocycles. The molecule has 1 aliphatic rings. The van der Waals surface area contributed by atoms with Gasteiger partial charge in [-0.3, -0.25) is 4.79 Å². The molecule has 1 N–H and O–H groups in total. The largest absolute Gasteiger partial charge is 0.310 e. The van der Waals surface area contributed by atoms with Gasteiger partial charge in [-0.2, -0.15) is 5.10 Å². The highest BCUT2D eigenvalue weighted by Gasteiger charge is 2.18. The topological polar surface area (TPSA) is 63.6 Å². The maximum atomic E-state index is 12.4. The average molecular weight is 385 g/mol. The molecule has 1 saturated carbocycles. The summed E-state index contributed by atoms with van der Waals surface area (Å²) in [5.41, 5.74) is 2.35. The quantitative estimate of drug-likeness (QED) is 0.653. The molecular formula is C23H36N4O. The smallest absolute Gasteiger partial charge is 0.262 e. The van der Waals surface area contributed by atoms with Crippen molar-refractivity contribution in [2.45, 2.75) is 73.6 Å². The minimum absolute atomic E-state index is 0.119. The van der Waals surface area contributed by atoms with E-state index in [4.69, 9.17) is 4.98 Å². The molecule has 5 nitrogen and oxygen atoms in total. The van der Waals surface area contributed by atoms with Gasteiger partial charge in [-0.1, -0.05) is 72.1 Å². The van der Waals surface area contributed by atoms with E-state index < -0.39 is 0 Å². The molecule has 0 bridgehead atoms. The van der Waals surface area contributed by atoms with E-state index in [0.29, 0.717) is 17.0 Å². The van der Waals surface area contributed by atoms with Crippen LogP contribution in [0.4, 0.5) is 0 Å². The fourth-order valence-corrected chi connectivity index (χ4v) is 3.47. The molecule has 5 heteroatoms. The van der Waals surface area contributed by atoms with Gasteiger partial charge in [0.1, 0.15) is 11.2 Å². The normalized spacial score (nSPS) is 14.9. The van der Waals surface area contributed by atoms with Crippen molar-refractivity contribution in [3.05, 3.63) is 52.8 Å². The molecule has 0 atom stereocenters. The number of rotatable bonds is 5. The first-order chi connectivity index (χ1) is 13.6. The summed E-state index contributed by atoms with van der Waals surface area (Å²) in [4.78, 5) is 20.0. The summed E-state index contributed by atoms with van der Waals surface area (Å²) in [5, 5.41) is 4.89. The summed E-state index contributed by atoms with van der Waals surface area (Å²) in [5.74, 6) is 1.38. The Hall–Kier alpha value is -2.43. The summed E-state index contributed by atoms with van der Waals surface area (Å²) in [6.45, 7) is 15.9. The molecule has 0 saturated heterocycles. The summed E-state index contributed by atoms with van der Waals surface area (Å²) in [6, 6.07) is 0. The van der Waals surface area contributed by atoms with Crippen molar-refractivity contribution < 1.29 is 0 Å². The standard InChI is InChI=1S/C19H24N4O.2C2H6/c1-4-8-13(3)16(5-2)23-18-15(12-20-23)19(24)22-17(21-18)11-14-9-6-7-10-14;2*1-2/h4-5,8,12,14H,2,6-7,9-11H2,1,3H3,(H,21,22,24);2*1-2H3/b8-4-,16-13+;;. The first-order valence-electron chi connectivity index (χ1n) is 10.6. The molecule has 3 rings (SSSR count). The minimum Gasteiger partial charge on any atom is -0.310 e. The SMILES string of the molecule is C=C/C(=C(C)\C=C/C)n1ncc2c(=O)[nH]c(CC3CCCC3)nc21.CC.CC. The third-order valence-corrected chi connectivity index (χ3v) is 4.69. The Bertz CT molecular complexity index is 864. The highest BCUT2D eigenvalue weighted by atomic mass is 16.1. The van der Waals surface area contributed by atoms with Crippen LogP contribution in [0.3, 0.4) is 0 Å². The van der Waals surface area contributed by atoms with Crippen LogP contribution in [0.25, 0.3) is 16.7 Å².